The molecule has 0 aliphatic carbocycles. The summed E-state index contributed by atoms with van der Waals surface area (Å²) in [4.78, 5) is 10.6. The Morgan fingerprint density at radius 2 is 2.05 bits per heavy atom. The number of anilines is 1. The molecule has 0 atom stereocenters. The number of aliphatic carboxylic acids is 1. The maximum Gasteiger partial charge on any atom is 0.318 e. The van der Waals surface area contributed by atoms with Gasteiger partial charge in [0.15, 0.2) is 0 Å². The van der Waals surface area contributed by atoms with Crippen molar-refractivity contribution in [3.63, 3.8) is 0 Å². The van der Waals surface area contributed by atoms with Crippen LogP contribution in [0.3, 0.4) is 0 Å². The van der Waals surface area contributed by atoms with Crippen molar-refractivity contribution >= 4 is 21.9 Å². The van der Waals surface area contributed by atoms with Crippen molar-refractivity contribution in [3.8, 4) is 5.75 Å². The molecule has 0 aliphatic rings. The highest BCUT2D eigenvalue weighted by molar-refractivity contribution is 7.90. The Morgan fingerprint density at radius 3 is 2.65 bits per heavy atom. The lowest BCUT2D eigenvalue weighted by atomic mass is 10.3. The highest BCUT2D eigenvalue weighted by Crippen LogP contribution is 2.25. The second-order valence-electron chi connectivity index (χ2n) is 4.10. The third-order valence-corrected chi connectivity index (χ3v) is 3.78. The fourth-order valence-corrected chi connectivity index (χ4v) is 2.26. The highest BCUT2D eigenvalue weighted by Gasteiger charge is 2.21. The zero-order valence-corrected chi connectivity index (χ0v) is 12.2. The fraction of sp³-hybridized carbons (Fsp3) is 0.417. The van der Waals surface area contributed by atoms with E-state index in [1.165, 1.54) is 7.05 Å². The van der Waals surface area contributed by atoms with Gasteiger partial charge in [-0.25, -0.2) is 0 Å². The molecule has 0 radical (unpaired) electrons. The first-order chi connectivity index (χ1) is 9.36. The molecule has 7 nitrogen and oxygen atoms in total. The first-order valence-electron chi connectivity index (χ1n) is 6.04. The molecular weight excluding hydrogens is 284 g/mol. The number of nitrogens with zero attached hydrogens (tertiary/aromatic N) is 1. The van der Waals surface area contributed by atoms with Gasteiger partial charge in [0.25, 0.3) is 0 Å². The van der Waals surface area contributed by atoms with Gasteiger partial charge in [0, 0.05) is 7.05 Å². The first-order valence-corrected chi connectivity index (χ1v) is 7.48. The van der Waals surface area contributed by atoms with Gasteiger partial charge in [0.05, 0.1) is 12.3 Å². The largest absolute Gasteiger partial charge is 0.491 e. The van der Waals surface area contributed by atoms with Gasteiger partial charge in [0.1, 0.15) is 12.3 Å². The molecule has 0 amide bonds. The molecule has 0 spiro atoms. The SMILES string of the molecule is CCCOc1ccccc1NS(=O)(=O)N(C)CC(=O)O. The summed E-state index contributed by atoms with van der Waals surface area (Å²) in [5, 5.41) is 8.63. The van der Waals surface area contributed by atoms with Gasteiger partial charge in [0.2, 0.25) is 0 Å². The minimum absolute atomic E-state index is 0.276. The lowest BCUT2D eigenvalue weighted by Gasteiger charge is -2.18. The van der Waals surface area contributed by atoms with E-state index in [1.54, 1.807) is 24.3 Å². The van der Waals surface area contributed by atoms with E-state index in [1.807, 2.05) is 6.92 Å². The average molecular weight is 302 g/mol. The van der Waals surface area contributed by atoms with Crippen molar-refractivity contribution in [3.05, 3.63) is 24.3 Å². The van der Waals surface area contributed by atoms with Crippen LogP contribution in [0.2, 0.25) is 0 Å². The zero-order valence-electron chi connectivity index (χ0n) is 11.4. The summed E-state index contributed by atoms with van der Waals surface area (Å²) in [7, 11) is -2.75. The van der Waals surface area contributed by atoms with E-state index in [-0.39, 0.29) is 5.69 Å². The Hall–Kier alpha value is -1.80. The third kappa shape index (κ3) is 4.71. The number of carboxylic acids is 1. The van der Waals surface area contributed by atoms with Gasteiger partial charge < -0.3 is 9.84 Å². The standard InChI is InChI=1S/C12H18N2O5S/c1-3-8-19-11-7-5-4-6-10(11)13-20(17,18)14(2)9-12(15)16/h4-7,13H,3,8-9H2,1-2H3,(H,15,16). The van der Waals surface area contributed by atoms with E-state index in [4.69, 9.17) is 9.84 Å². The zero-order chi connectivity index (χ0) is 15.2. The molecule has 0 bridgehead atoms. The number of carbonyl (C=O) groups is 1. The number of rotatable bonds is 8. The van der Waals surface area contributed by atoms with Crippen molar-refractivity contribution in [1.82, 2.24) is 4.31 Å². The lowest BCUT2D eigenvalue weighted by Crippen LogP contribution is -2.36. The molecule has 2 N–H and O–H groups in total. The molecule has 1 aromatic rings. The molecule has 0 saturated carbocycles. The number of ether oxygens (including phenoxy) is 1. The maximum atomic E-state index is 12.0. The van der Waals surface area contributed by atoms with Crippen LogP contribution in [0.5, 0.6) is 5.75 Å². The molecule has 0 saturated heterocycles. The molecule has 0 heterocycles. The van der Waals surface area contributed by atoms with E-state index in [9.17, 15) is 13.2 Å². The van der Waals surface area contributed by atoms with E-state index in [0.29, 0.717) is 16.7 Å². The van der Waals surface area contributed by atoms with Crippen LogP contribution in [0.4, 0.5) is 5.69 Å². The minimum Gasteiger partial charge on any atom is -0.491 e. The average Bonchev–Trinajstić information content (AvgIpc) is 2.36. The van der Waals surface area contributed by atoms with Crippen molar-refractivity contribution in [2.45, 2.75) is 13.3 Å². The van der Waals surface area contributed by atoms with Crippen molar-refractivity contribution in [1.29, 1.82) is 0 Å². The molecule has 112 valence electrons. The van der Waals surface area contributed by atoms with Crippen LogP contribution in [-0.2, 0) is 15.0 Å². The molecule has 0 unspecified atom stereocenters. The second-order valence-corrected chi connectivity index (χ2v) is 5.88. The number of carboxylic acid groups (broad SMARTS) is 1. The Labute approximate surface area is 118 Å². The van der Waals surface area contributed by atoms with Crippen LogP contribution < -0.4 is 9.46 Å². The van der Waals surface area contributed by atoms with E-state index < -0.39 is 22.7 Å². The van der Waals surface area contributed by atoms with Crippen molar-refractivity contribution in [2.24, 2.45) is 0 Å². The van der Waals surface area contributed by atoms with E-state index >= 15 is 0 Å². The quantitative estimate of drug-likeness (QED) is 0.751. The molecule has 8 heteroatoms. The molecular formula is C12H18N2O5S. The summed E-state index contributed by atoms with van der Waals surface area (Å²) < 4.78 is 32.4. The van der Waals surface area contributed by atoms with Gasteiger partial charge >= 0.3 is 16.2 Å². The van der Waals surface area contributed by atoms with Crippen LogP contribution in [0.1, 0.15) is 13.3 Å². The summed E-state index contributed by atoms with van der Waals surface area (Å²) in [5.74, 6) is -0.824. The van der Waals surface area contributed by atoms with Gasteiger partial charge in [-0.3, -0.25) is 9.52 Å². The smallest absolute Gasteiger partial charge is 0.318 e. The van der Waals surface area contributed by atoms with E-state index in [0.717, 1.165) is 6.42 Å². The van der Waals surface area contributed by atoms with Crippen LogP contribution in [0.15, 0.2) is 24.3 Å². The molecule has 0 fully saturated rings. The van der Waals surface area contributed by atoms with Crippen LogP contribution in [0, 0.1) is 0 Å². The number of nitrogens with one attached hydrogen (secondary N) is 1. The Balaban J connectivity index is 2.89. The second kappa shape index (κ2) is 7.11. The normalized spacial score (nSPS) is 11.3. The number of likely N-dealkylation sites (N-methyl/N-ethyl adjacent to an activating group) is 1. The number of hydrogen-bond donors (Lipinski definition) is 2. The Bertz CT molecular complexity index is 559. The van der Waals surface area contributed by atoms with E-state index in [2.05, 4.69) is 4.72 Å². The van der Waals surface area contributed by atoms with Gasteiger partial charge in [-0.1, -0.05) is 19.1 Å². The summed E-state index contributed by atoms with van der Waals surface area (Å²) in [6.07, 6.45) is 0.792. The first kappa shape index (κ1) is 16.3. The van der Waals surface area contributed by atoms with Gasteiger partial charge in [-0.05, 0) is 18.6 Å². The number of hydrogen-bond acceptors (Lipinski definition) is 4. The monoisotopic (exact) mass is 302 g/mol. The molecule has 1 aromatic carbocycles. The summed E-state index contributed by atoms with van der Waals surface area (Å²) in [6.45, 7) is 1.78. The van der Waals surface area contributed by atoms with Crippen LogP contribution >= 0.6 is 0 Å². The van der Waals surface area contributed by atoms with Gasteiger partial charge in [-0.15, -0.1) is 0 Å². The van der Waals surface area contributed by atoms with Crippen molar-refractivity contribution < 1.29 is 23.1 Å². The molecule has 0 aromatic heterocycles. The highest BCUT2D eigenvalue weighted by atomic mass is 32.2. The predicted octanol–water partition coefficient (Wildman–Crippen LogP) is 1.15. The predicted molar refractivity (Wildman–Crippen MR) is 75.0 cm³/mol. The topological polar surface area (TPSA) is 95.9 Å². The van der Waals surface area contributed by atoms with Crippen molar-refractivity contribution in [2.75, 3.05) is 24.9 Å². The summed E-state index contributed by atoms with van der Waals surface area (Å²) >= 11 is 0. The van der Waals surface area contributed by atoms with Crippen LogP contribution in [0.25, 0.3) is 0 Å². The number of benzene rings is 1. The lowest BCUT2D eigenvalue weighted by molar-refractivity contribution is -0.137. The third-order valence-electron chi connectivity index (χ3n) is 2.36. The Morgan fingerprint density at radius 1 is 1.40 bits per heavy atom. The molecule has 1 rings (SSSR count). The fourth-order valence-electron chi connectivity index (χ4n) is 1.38. The summed E-state index contributed by atoms with van der Waals surface area (Å²) in [5.41, 5.74) is 0.276. The molecule has 0 aliphatic heterocycles. The minimum atomic E-state index is -3.93. The molecule has 20 heavy (non-hydrogen) atoms. The summed E-state index contributed by atoms with van der Waals surface area (Å²) in [6, 6.07) is 6.58. The number of para-hydroxylation sites is 2. The van der Waals surface area contributed by atoms with Crippen LogP contribution in [-0.4, -0.2) is 44.0 Å². The van der Waals surface area contributed by atoms with Gasteiger partial charge in [-0.2, -0.15) is 12.7 Å². The Kier molecular flexibility index (Phi) is 5.78. The maximum absolute atomic E-state index is 12.0.